The number of hydrogen-bond acceptors (Lipinski definition) is 0. The molecule has 0 aromatic heterocycles. The van der Waals surface area contributed by atoms with Crippen molar-refractivity contribution in [1.29, 1.82) is 0 Å². The van der Waals surface area contributed by atoms with Gasteiger partial charge in [0.05, 0.1) is 0 Å². The second-order valence-electron chi connectivity index (χ2n) is 4.20. The van der Waals surface area contributed by atoms with Crippen LogP contribution < -0.4 is 0 Å². The molecule has 2 aliphatic carbocycles. The van der Waals surface area contributed by atoms with Crippen molar-refractivity contribution in [1.82, 2.24) is 0 Å². The first-order valence-corrected chi connectivity index (χ1v) is 6.22. The van der Waals surface area contributed by atoms with Crippen molar-refractivity contribution in [2.24, 2.45) is 0 Å². The van der Waals surface area contributed by atoms with Crippen molar-refractivity contribution in [2.45, 2.75) is 53.4 Å². The molecule has 2 aliphatic rings. The zero-order chi connectivity index (χ0) is 12.0. The third-order valence-electron chi connectivity index (χ3n) is 3.11. The van der Waals surface area contributed by atoms with Crippen molar-refractivity contribution in [2.75, 3.05) is 0 Å². The minimum absolute atomic E-state index is 0. The smallest absolute Gasteiger partial charge is 0.269 e. The maximum Gasteiger partial charge on any atom is 2.00 e. The zero-order valence-corrected chi connectivity index (χ0v) is 13.9. The van der Waals surface area contributed by atoms with Crippen molar-refractivity contribution in [3.63, 3.8) is 0 Å². The number of rotatable bonds is 2. The topological polar surface area (TPSA) is 0 Å². The van der Waals surface area contributed by atoms with E-state index in [0.29, 0.717) is 0 Å². The summed E-state index contributed by atoms with van der Waals surface area (Å²) in [6.07, 6.45) is 15.4. The molecule has 0 saturated carbocycles. The van der Waals surface area contributed by atoms with E-state index in [-0.39, 0.29) is 26.2 Å². The Bertz CT molecular complexity index is 318. The Morgan fingerprint density at radius 2 is 1.24 bits per heavy atom. The maximum atomic E-state index is 3.28. The molecule has 0 fully saturated rings. The molecule has 0 aliphatic heterocycles. The summed E-state index contributed by atoms with van der Waals surface area (Å²) in [4.78, 5) is 0. The summed E-state index contributed by atoms with van der Waals surface area (Å²) >= 11 is 0. The summed E-state index contributed by atoms with van der Waals surface area (Å²) in [6.45, 7) is 8.65. The van der Waals surface area contributed by atoms with Crippen molar-refractivity contribution in [3.8, 4) is 0 Å². The predicted molar refractivity (Wildman–Crippen MR) is 70.8 cm³/mol. The fraction of sp³-hybridized carbons (Fsp3) is 0.500. The van der Waals surface area contributed by atoms with Gasteiger partial charge in [-0.25, -0.2) is 22.3 Å². The quantitative estimate of drug-likeness (QED) is 0.633. The molecule has 17 heavy (non-hydrogen) atoms. The van der Waals surface area contributed by atoms with Gasteiger partial charge in [-0.1, -0.05) is 26.7 Å². The van der Waals surface area contributed by atoms with Crippen LogP contribution in [-0.4, -0.2) is 0 Å². The van der Waals surface area contributed by atoms with Gasteiger partial charge in [0.2, 0.25) is 0 Å². The summed E-state index contributed by atoms with van der Waals surface area (Å²) in [6, 6.07) is 0. The molecule has 0 nitrogen and oxygen atoms in total. The SMILES string of the molecule is CCC1=[C-]CC=C1C.CCC1=[C-]CC=C1C.[Zr+2]. The van der Waals surface area contributed by atoms with E-state index in [1.165, 1.54) is 22.3 Å². The molecule has 90 valence electrons. The van der Waals surface area contributed by atoms with Crippen LogP contribution in [0.3, 0.4) is 0 Å². The van der Waals surface area contributed by atoms with Gasteiger partial charge >= 0.3 is 26.2 Å². The second kappa shape index (κ2) is 8.86. The molecular weight excluding hydrogens is 283 g/mol. The Morgan fingerprint density at radius 1 is 0.882 bits per heavy atom. The van der Waals surface area contributed by atoms with E-state index >= 15 is 0 Å². The molecule has 0 unspecified atom stereocenters. The molecule has 0 aromatic rings. The van der Waals surface area contributed by atoms with Gasteiger partial charge in [-0.3, -0.25) is 12.2 Å². The zero-order valence-electron chi connectivity index (χ0n) is 11.5. The minimum atomic E-state index is 0. The minimum Gasteiger partial charge on any atom is -0.269 e. The van der Waals surface area contributed by atoms with Gasteiger partial charge < -0.3 is 0 Å². The van der Waals surface area contributed by atoms with Crippen LogP contribution in [0.2, 0.25) is 0 Å². The number of allylic oxidation sites excluding steroid dienone is 8. The van der Waals surface area contributed by atoms with E-state index in [2.05, 4.69) is 52.0 Å². The van der Waals surface area contributed by atoms with Crippen LogP contribution in [0.4, 0.5) is 0 Å². The molecule has 2 rings (SSSR count). The summed E-state index contributed by atoms with van der Waals surface area (Å²) in [5.41, 5.74) is 5.66. The predicted octanol–water partition coefficient (Wildman–Crippen LogP) is 4.95. The monoisotopic (exact) mass is 304 g/mol. The Hall–Kier alpha value is -0.157. The Kier molecular flexibility index (Phi) is 8.78. The van der Waals surface area contributed by atoms with Gasteiger partial charge in [-0.2, -0.15) is 12.2 Å². The van der Waals surface area contributed by atoms with E-state index in [1.54, 1.807) is 0 Å². The van der Waals surface area contributed by atoms with Gasteiger partial charge in [-0.05, 0) is 0 Å². The largest absolute Gasteiger partial charge is 2.00 e. The summed E-state index contributed by atoms with van der Waals surface area (Å²) in [5.74, 6) is 0. The molecule has 0 aromatic carbocycles. The van der Waals surface area contributed by atoms with E-state index in [4.69, 9.17) is 0 Å². The van der Waals surface area contributed by atoms with Crippen molar-refractivity contribution in [3.05, 3.63) is 46.6 Å². The van der Waals surface area contributed by atoms with Crippen molar-refractivity contribution < 1.29 is 26.2 Å². The Balaban J connectivity index is 0.000000284. The molecule has 0 N–H and O–H groups in total. The third-order valence-corrected chi connectivity index (χ3v) is 3.11. The standard InChI is InChI=1S/2C8H11.Zr/c2*1-3-8-6-4-5-7(8)2;/h2*5H,3-4H2,1-2H3;/q2*-1;+2. The van der Waals surface area contributed by atoms with Gasteiger partial charge in [0.15, 0.2) is 0 Å². The van der Waals surface area contributed by atoms with Crippen LogP contribution >= 0.6 is 0 Å². The van der Waals surface area contributed by atoms with Crippen LogP contribution in [0.5, 0.6) is 0 Å². The molecule has 0 saturated heterocycles. The van der Waals surface area contributed by atoms with Crippen LogP contribution in [0.15, 0.2) is 34.4 Å². The average Bonchev–Trinajstić information content (AvgIpc) is 2.87. The third kappa shape index (κ3) is 5.34. The second-order valence-corrected chi connectivity index (χ2v) is 4.20. The molecule has 0 radical (unpaired) electrons. The molecular formula is C16H22Zr. The van der Waals surface area contributed by atoms with Gasteiger partial charge in [0.1, 0.15) is 0 Å². The van der Waals surface area contributed by atoms with Crippen LogP contribution in [0, 0.1) is 12.2 Å². The normalized spacial score (nSPS) is 17.2. The molecule has 0 spiro atoms. The number of hydrogen-bond donors (Lipinski definition) is 0. The fourth-order valence-electron chi connectivity index (χ4n) is 1.99. The van der Waals surface area contributed by atoms with Crippen LogP contribution in [0.25, 0.3) is 0 Å². The van der Waals surface area contributed by atoms with Gasteiger partial charge in [-0.15, -0.1) is 26.7 Å². The first kappa shape index (κ1) is 16.8. The van der Waals surface area contributed by atoms with Crippen molar-refractivity contribution >= 4 is 0 Å². The molecule has 0 heterocycles. The first-order valence-electron chi connectivity index (χ1n) is 6.22. The maximum absolute atomic E-state index is 3.28. The molecule has 0 atom stereocenters. The van der Waals surface area contributed by atoms with Crippen LogP contribution in [-0.2, 0) is 26.2 Å². The Labute approximate surface area is 126 Å². The van der Waals surface area contributed by atoms with E-state index in [0.717, 1.165) is 25.7 Å². The summed E-state index contributed by atoms with van der Waals surface area (Å²) < 4.78 is 0. The van der Waals surface area contributed by atoms with E-state index < -0.39 is 0 Å². The first-order chi connectivity index (χ1) is 7.69. The van der Waals surface area contributed by atoms with E-state index in [1.807, 2.05) is 0 Å². The van der Waals surface area contributed by atoms with Crippen LogP contribution in [0.1, 0.15) is 53.4 Å². The summed E-state index contributed by atoms with van der Waals surface area (Å²) in [7, 11) is 0. The molecule has 0 amide bonds. The Morgan fingerprint density at radius 3 is 1.35 bits per heavy atom. The molecule has 1 heteroatoms. The van der Waals surface area contributed by atoms with Gasteiger partial charge in [0.25, 0.3) is 0 Å². The average molecular weight is 306 g/mol. The fourth-order valence-corrected chi connectivity index (χ4v) is 1.99. The molecule has 0 bridgehead atoms. The van der Waals surface area contributed by atoms with E-state index in [9.17, 15) is 0 Å². The van der Waals surface area contributed by atoms with Gasteiger partial charge in [0, 0.05) is 0 Å². The summed E-state index contributed by atoms with van der Waals surface area (Å²) in [5, 5.41) is 0.